The van der Waals surface area contributed by atoms with Crippen molar-refractivity contribution in [3.63, 3.8) is 0 Å². The minimum atomic E-state index is -0.308. The van der Waals surface area contributed by atoms with Crippen molar-refractivity contribution >= 4 is 17.7 Å². The Kier molecular flexibility index (Phi) is 8.95. The Balaban J connectivity index is 1.77. The molecule has 0 aliphatic heterocycles. The van der Waals surface area contributed by atoms with Crippen LogP contribution in [0.15, 0.2) is 64.5 Å². The summed E-state index contributed by atoms with van der Waals surface area (Å²) >= 11 is 1.37. The maximum atomic E-state index is 13.3. The Bertz CT molecular complexity index is 1200. The zero-order valence-electron chi connectivity index (χ0n) is 21.7. The molecule has 5 nitrogen and oxygen atoms in total. The third-order valence-electron chi connectivity index (χ3n) is 6.15. The van der Waals surface area contributed by atoms with Crippen LogP contribution in [0.1, 0.15) is 68.5 Å². The second-order valence-electron chi connectivity index (χ2n) is 10.0. The highest BCUT2D eigenvalue weighted by Gasteiger charge is 2.23. The second kappa shape index (κ2) is 11.7. The van der Waals surface area contributed by atoms with Crippen LogP contribution in [0.4, 0.5) is 0 Å². The molecule has 2 aromatic carbocycles. The molecule has 1 amide bonds. The molecule has 0 bridgehead atoms. The fourth-order valence-electron chi connectivity index (χ4n) is 3.90. The molecule has 0 aliphatic rings. The molecule has 0 fully saturated rings. The summed E-state index contributed by atoms with van der Waals surface area (Å²) < 4.78 is 1.59. The van der Waals surface area contributed by atoms with Crippen LogP contribution in [0, 0.1) is 6.92 Å². The van der Waals surface area contributed by atoms with Crippen LogP contribution in [0.25, 0.3) is 0 Å². The molecule has 3 aromatic rings. The van der Waals surface area contributed by atoms with E-state index in [2.05, 4.69) is 57.3 Å². The number of carbonyl (C=O) groups excluding carboxylic acids is 1. The minimum Gasteiger partial charge on any atom is -0.351 e. The van der Waals surface area contributed by atoms with Crippen molar-refractivity contribution < 1.29 is 4.79 Å². The zero-order valence-corrected chi connectivity index (χ0v) is 22.5. The number of thioether (sulfide) groups is 1. The fourth-order valence-corrected chi connectivity index (χ4v) is 5.13. The lowest BCUT2D eigenvalue weighted by atomic mass is 9.86. The van der Waals surface area contributed by atoms with Gasteiger partial charge in [-0.25, -0.2) is 4.98 Å². The van der Waals surface area contributed by atoms with Crippen LogP contribution in [0.2, 0.25) is 0 Å². The first-order valence-corrected chi connectivity index (χ1v) is 13.1. The Morgan fingerprint density at radius 1 is 1.06 bits per heavy atom. The largest absolute Gasteiger partial charge is 0.351 e. The van der Waals surface area contributed by atoms with E-state index in [9.17, 15) is 9.59 Å². The van der Waals surface area contributed by atoms with E-state index in [1.54, 1.807) is 11.6 Å². The summed E-state index contributed by atoms with van der Waals surface area (Å²) in [6, 6.07) is 18.3. The molecule has 186 valence electrons. The van der Waals surface area contributed by atoms with Crippen LogP contribution in [-0.2, 0) is 30.2 Å². The molecule has 1 atom stereocenters. The van der Waals surface area contributed by atoms with Crippen LogP contribution < -0.4 is 10.9 Å². The number of aryl methyl sites for hydroxylation is 1. The van der Waals surface area contributed by atoms with Crippen molar-refractivity contribution in [2.75, 3.05) is 0 Å². The van der Waals surface area contributed by atoms with Crippen molar-refractivity contribution in [3.8, 4) is 0 Å². The highest BCUT2D eigenvalue weighted by molar-refractivity contribution is 8.00. The summed E-state index contributed by atoms with van der Waals surface area (Å²) in [7, 11) is 1.74. The molecule has 1 heterocycles. The average Bonchev–Trinajstić information content (AvgIpc) is 2.83. The lowest BCUT2D eigenvalue weighted by molar-refractivity contribution is -0.120. The summed E-state index contributed by atoms with van der Waals surface area (Å²) in [5.41, 5.74) is 4.86. The van der Waals surface area contributed by atoms with Crippen LogP contribution in [0.3, 0.4) is 0 Å². The molecule has 0 aliphatic carbocycles. The summed E-state index contributed by atoms with van der Waals surface area (Å²) in [5, 5.41) is 3.31. The number of amides is 1. The van der Waals surface area contributed by atoms with E-state index in [1.807, 2.05) is 37.3 Å². The molecule has 1 N–H and O–H groups in total. The molecule has 0 radical (unpaired) electrons. The zero-order chi connectivity index (χ0) is 25.6. The van der Waals surface area contributed by atoms with Gasteiger partial charge < -0.3 is 5.32 Å². The topological polar surface area (TPSA) is 64.0 Å². The van der Waals surface area contributed by atoms with Gasteiger partial charge in [0.15, 0.2) is 5.16 Å². The number of benzene rings is 2. The Morgan fingerprint density at radius 2 is 1.71 bits per heavy atom. The van der Waals surface area contributed by atoms with Crippen molar-refractivity contribution in [1.82, 2.24) is 14.9 Å². The monoisotopic (exact) mass is 491 g/mol. The lowest BCUT2D eigenvalue weighted by Crippen LogP contribution is -2.33. The van der Waals surface area contributed by atoms with E-state index >= 15 is 0 Å². The first-order valence-electron chi connectivity index (χ1n) is 12.2. The summed E-state index contributed by atoms with van der Waals surface area (Å²) in [6.07, 6.45) is 2.12. The normalized spacial score (nSPS) is 12.4. The van der Waals surface area contributed by atoms with Crippen LogP contribution in [0.5, 0.6) is 0 Å². The molecule has 1 unspecified atom stereocenters. The number of aromatic nitrogens is 2. The van der Waals surface area contributed by atoms with Gasteiger partial charge in [0.1, 0.15) is 0 Å². The number of nitrogens with one attached hydrogen (secondary N) is 1. The SMILES string of the molecule is CCCC(Sc1nc(C)c(Cc2ccc(C(C)(C)C)cc2)c(=O)n1C)C(=O)NCc1ccccc1. The summed E-state index contributed by atoms with van der Waals surface area (Å²) in [6.45, 7) is 11.0. The standard InChI is InChI=1S/C29H37N3O2S/c1-7-11-25(26(33)30-19-22-12-9-8-10-13-22)35-28-31-20(2)24(27(34)32(28)6)18-21-14-16-23(17-15-21)29(3,4)5/h8-10,12-17,25H,7,11,18-19H2,1-6H3,(H,30,33). The molecule has 0 saturated heterocycles. The van der Waals surface area contributed by atoms with Gasteiger partial charge in [-0.15, -0.1) is 0 Å². The van der Waals surface area contributed by atoms with Gasteiger partial charge in [0.25, 0.3) is 5.56 Å². The maximum absolute atomic E-state index is 13.3. The Morgan fingerprint density at radius 3 is 2.31 bits per heavy atom. The third kappa shape index (κ3) is 7.07. The van der Waals surface area contributed by atoms with Gasteiger partial charge in [-0.2, -0.15) is 0 Å². The van der Waals surface area contributed by atoms with Gasteiger partial charge >= 0.3 is 0 Å². The molecular formula is C29H37N3O2S. The van der Waals surface area contributed by atoms with Gasteiger partial charge in [-0.1, -0.05) is 100 Å². The smallest absolute Gasteiger partial charge is 0.257 e. The second-order valence-corrected chi connectivity index (χ2v) is 11.2. The maximum Gasteiger partial charge on any atom is 0.257 e. The molecular weight excluding hydrogens is 454 g/mol. The first kappa shape index (κ1) is 26.7. The predicted molar refractivity (Wildman–Crippen MR) is 145 cm³/mol. The molecule has 6 heteroatoms. The van der Waals surface area contributed by atoms with Crippen molar-refractivity contribution in [2.45, 2.75) is 76.2 Å². The van der Waals surface area contributed by atoms with Crippen LogP contribution in [-0.4, -0.2) is 20.7 Å². The summed E-state index contributed by atoms with van der Waals surface area (Å²) in [5.74, 6) is -0.0318. The molecule has 35 heavy (non-hydrogen) atoms. The van der Waals surface area contributed by atoms with E-state index in [4.69, 9.17) is 4.98 Å². The summed E-state index contributed by atoms with van der Waals surface area (Å²) in [4.78, 5) is 31.0. The average molecular weight is 492 g/mol. The molecule has 1 aromatic heterocycles. The van der Waals surface area contributed by atoms with Crippen molar-refractivity contribution in [2.24, 2.45) is 7.05 Å². The van der Waals surface area contributed by atoms with Crippen molar-refractivity contribution in [1.29, 1.82) is 0 Å². The highest BCUT2D eigenvalue weighted by atomic mass is 32.2. The van der Waals surface area contributed by atoms with E-state index in [0.717, 1.165) is 23.2 Å². The van der Waals surface area contributed by atoms with E-state index in [1.165, 1.54) is 17.3 Å². The fraction of sp³-hybridized carbons (Fsp3) is 0.414. The molecule has 0 spiro atoms. The van der Waals surface area contributed by atoms with Gasteiger partial charge in [0, 0.05) is 31.3 Å². The highest BCUT2D eigenvalue weighted by Crippen LogP contribution is 2.26. The number of hydrogen-bond donors (Lipinski definition) is 1. The Hall–Kier alpha value is -2.86. The first-order chi connectivity index (χ1) is 16.6. The van der Waals surface area contributed by atoms with Gasteiger partial charge in [-0.05, 0) is 35.4 Å². The van der Waals surface area contributed by atoms with Gasteiger partial charge in [-0.3, -0.25) is 14.2 Å². The molecule has 0 saturated carbocycles. The lowest BCUT2D eigenvalue weighted by Gasteiger charge is -2.19. The number of rotatable bonds is 9. The van der Waals surface area contributed by atoms with Crippen LogP contribution >= 0.6 is 11.8 Å². The quantitative estimate of drug-likeness (QED) is 0.315. The number of hydrogen-bond acceptors (Lipinski definition) is 4. The van der Waals surface area contributed by atoms with Crippen molar-refractivity contribution in [3.05, 3.63) is 92.9 Å². The number of nitrogens with zero attached hydrogens (tertiary/aromatic N) is 2. The van der Waals surface area contributed by atoms with Gasteiger partial charge in [0.05, 0.1) is 5.25 Å². The third-order valence-corrected chi connectivity index (χ3v) is 7.46. The van der Waals surface area contributed by atoms with E-state index in [-0.39, 0.29) is 22.1 Å². The van der Waals surface area contributed by atoms with E-state index in [0.29, 0.717) is 30.1 Å². The Labute approximate surface area is 213 Å². The van der Waals surface area contributed by atoms with Gasteiger partial charge in [0.2, 0.25) is 5.91 Å². The predicted octanol–water partition coefficient (Wildman–Crippen LogP) is 5.55. The number of carbonyl (C=O) groups is 1. The molecule has 3 rings (SSSR count). The minimum absolute atomic E-state index is 0.0318. The van der Waals surface area contributed by atoms with E-state index < -0.39 is 0 Å².